The average molecular weight is 438 g/mol. The number of thiazole rings is 1. The zero-order valence-electron chi connectivity index (χ0n) is 18.1. The van der Waals surface area contributed by atoms with Crippen LogP contribution in [0, 0.1) is 19.8 Å². The Bertz CT molecular complexity index is 1100. The van der Waals surface area contributed by atoms with Crippen LogP contribution in [0.25, 0.3) is 10.2 Å². The van der Waals surface area contributed by atoms with Crippen molar-refractivity contribution in [1.82, 2.24) is 4.98 Å². The number of fused-ring (bicyclic) bond motifs is 1. The van der Waals surface area contributed by atoms with Gasteiger partial charge in [-0.2, -0.15) is 0 Å². The maximum absolute atomic E-state index is 12.7. The van der Waals surface area contributed by atoms with Crippen LogP contribution < -0.4 is 10.2 Å². The highest BCUT2D eigenvalue weighted by Gasteiger charge is 2.26. The van der Waals surface area contributed by atoms with Crippen molar-refractivity contribution in [3.8, 4) is 0 Å². The second-order valence-electron chi connectivity index (χ2n) is 7.97. The molecular weight excluding hydrogens is 410 g/mol. The molecule has 1 saturated heterocycles. The van der Waals surface area contributed by atoms with Gasteiger partial charge in [-0.3, -0.25) is 4.79 Å². The number of nitrogens with one attached hydrogen (secondary N) is 1. The Hall–Kier alpha value is -2.93. The zero-order valence-corrected chi connectivity index (χ0v) is 18.9. The van der Waals surface area contributed by atoms with Gasteiger partial charge in [0.05, 0.1) is 22.4 Å². The molecule has 0 radical (unpaired) electrons. The van der Waals surface area contributed by atoms with Gasteiger partial charge in [-0.1, -0.05) is 17.4 Å². The van der Waals surface area contributed by atoms with Crippen LogP contribution in [0.1, 0.15) is 41.3 Å². The van der Waals surface area contributed by atoms with Gasteiger partial charge in [0.25, 0.3) is 0 Å². The van der Waals surface area contributed by atoms with E-state index in [0.29, 0.717) is 17.9 Å². The van der Waals surface area contributed by atoms with Gasteiger partial charge in [0.15, 0.2) is 5.13 Å². The first-order valence-corrected chi connectivity index (χ1v) is 11.5. The molecule has 31 heavy (non-hydrogen) atoms. The molecule has 6 nitrogen and oxygen atoms in total. The van der Waals surface area contributed by atoms with Crippen LogP contribution in [0.2, 0.25) is 0 Å². The number of carbonyl (C=O) groups is 2. The molecule has 1 aliphatic heterocycles. The Morgan fingerprint density at radius 2 is 1.87 bits per heavy atom. The Morgan fingerprint density at radius 3 is 2.55 bits per heavy atom. The molecule has 1 N–H and O–H groups in total. The van der Waals surface area contributed by atoms with Crippen LogP contribution in [-0.2, 0) is 9.53 Å². The van der Waals surface area contributed by atoms with Crippen LogP contribution in [0.4, 0.5) is 10.8 Å². The summed E-state index contributed by atoms with van der Waals surface area (Å²) < 4.78 is 6.21. The quantitative estimate of drug-likeness (QED) is 0.572. The van der Waals surface area contributed by atoms with Gasteiger partial charge >= 0.3 is 5.97 Å². The lowest BCUT2D eigenvalue weighted by Crippen LogP contribution is -2.38. The van der Waals surface area contributed by atoms with Crippen molar-refractivity contribution < 1.29 is 14.3 Å². The van der Waals surface area contributed by atoms with E-state index < -0.39 is 0 Å². The fourth-order valence-electron chi connectivity index (χ4n) is 3.98. The van der Waals surface area contributed by atoms with Gasteiger partial charge in [0, 0.05) is 24.7 Å². The molecule has 4 rings (SSSR count). The first-order chi connectivity index (χ1) is 14.9. The number of anilines is 2. The van der Waals surface area contributed by atoms with Crippen LogP contribution in [0.3, 0.4) is 0 Å². The molecule has 2 aromatic carbocycles. The summed E-state index contributed by atoms with van der Waals surface area (Å²) in [6.07, 6.45) is 1.58. The number of aryl methyl sites for hydroxylation is 2. The highest BCUT2D eigenvalue weighted by atomic mass is 32.1. The minimum absolute atomic E-state index is 0.0271. The van der Waals surface area contributed by atoms with E-state index >= 15 is 0 Å². The standard InChI is InChI=1S/C24H27N3O3S/c1-4-30-23(29)18-5-7-19(8-6-18)25-22(28)17-9-11-27(12-10-17)24-26-21-16(3)13-15(2)14-20(21)31-24/h5-8,13-14,17H,4,9-12H2,1-3H3,(H,25,28). The summed E-state index contributed by atoms with van der Waals surface area (Å²) in [5.41, 5.74) is 4.72. The molecule has 7 heteroatoms. The van der Waals surface area contributed by atoms with Crippen molar-refractivity contribution in [2.24, 2.45) is 5.92 Å². The normalized spacial score (nSPS) is 14.6. The number of hydrogen-bond acceptors (Lipinski definition) is 6. The van der Waals surface area contributed by atoms with Crippen molar-refractivity contribution >= 4 is 44.2 Å². The summed E-state index contributed by atoms with van der Waals surface area (Å²) in [7, 11) is 0. The van der Waals surface area contributed by atoms with E-state index in [2.05, 4.69) is 36.2 Å². The third-order valence-electron chi connectivity index (χ3n) is 5.62. The monoisotopic (exact) mass is 437 g/mol. The van der Waals surface area contributed by atoms with E-state index in [1.54, 1.807) is 42.5 Å². The highest BCUT2D eigenvalue weighted by molar-refractivity contribution is 7.22. The summed E-state index contributed by atoms with van der Waals surface area (Å²) in [6, 6.07) is 11.2. The maximum atomic E-state index is 12.7. The largest absolute Gasteiger partial charge is 0.462 e. The van der Waals surface area contributed by atoms with E-state index in [4.69, 9.17) is 9.72 Å². The Kier molecular flexibility index (Phi) is 6.23. The number of ether oxygens (including phenoxy) is 1. The predicted octanol–water partition coefficient (Wildman–Crippen LogP) is 4.94. The van der Waals surface area contributed by atoms with Crippen molar-refractivity contribution in [3.05, 3.63) is 53.1 Å². The molecule has 0 atom stereocenters. The number of nitrogens with zero attached hydrogens (tertiary/aromatic N) is 2. The molecule has 1 aromatic heterocycles. The Balaban J connectivity index is 1.35. The summed E-state index contributed by atoms with van der Waals surface area (Å²) in [5, 5.41) is 4.02. The fourth-order valence-corrected chi connectivity index (χ4v) is 5.17. The lowest BCUT2D eigenvalue weighted by atomic mass is 9.96. The van der Waals surface area contributed by atoms with Gasteiger partial charge in [-0.25, -0.2) is 9.78 Å². The number of esters is 1. The molecule has 0 spiro atoms. The summed E-state index contributed by atoms with van der Waals surface area (Å²) >= 11 is 1.73. The lowest BCUT2D eigenvalue weighted by molar-refractivity contribution is -0.120. The van der Waals surface area contributed by atoms with Gasteiger partial charge in [0.1, 0.15) is 0 Å². The van der Waals surface area contributed by atoms with E-state index in [1.165, 1.54) is 15.8 Å². The second kappa shape index (κ2) is 9.06. The smallest absolute Gasteiger partial charge is 0.338 e. The number of aromatic nitrogens is 1. The fraction of sp³-hybridized carbons (Fsp3) is 0.375. The van der Waals surface area contributed by atoms with E-state index in [1.807, 2.05) is 0 Å². The van der Waals surface area contributed by atoms with Gasteiger partial charge < -0.3 is 15.0 Å². The molecule has 162 valence electrons. The number of rotatable bonds is 5. The minimum atomic E-state index is -0.354. The predicted molar refractivity (Wildman–Crippen MR) is 125 cm³/mol. The number of piperidine rings is 1. The lowest BCUT2D eigenvalue weighted by Gasteiger charge is -2.31. The molecule has 3 aromatic rings. The van der Waals surface area contributed by atoms with Crippen molar-refractivity contribution in [3.63, 3.8) is 0 Å². The van der Waals surface area contributed by atoms with E-state index in [-0.39, 0.29) is 17.8 Å². The van der Waals surface area contributed by atoms with Gasteiger partial charge in [-0.05, 0) is 75.1 Å². The minimum Gasteiger partial charge on any atom is -0.462 e. The first kappa shape index (κ1) is 21.3. The number of hydrogen-bond donors (Lipinski definition) is 1. The number of carbonyl (C=O) groups excluding carboxylic acids is 2. The maximum Gasteiger partial charge on any atom is 0.338 e. The number of benzene rings is 2. The third kappa shape index (κ3) is 4.71. The van der Waals surface area contributed by atoms with Crippen LogP contribution in [-0.4, -0.2) is 36.6 Å². The zero-order chi connectivity index (χ0) is 22.0. The number of amides is 1. The van der Waals surface area contributed by atoms with Gasteiger partial charge in [0.2, 0.25) is 5.91 Å². The summed E-state index contributed by atoms with van der Waals surface area (Å²) in [6.45, 7) is 7.97. The molecule has 0 bridgehead atoms. The van der Waals surface area contributed by atoms with E-state index in [0.717, 1.165) is 36.6 Å². The van der Waals surface area contributed by atoms with Gasteiger partial charge in [-0.15, -0.1) is 0 Å². The van der Waals surface area contributed by atoms with Crippen LogP contribution in [0.15, 0.2) is 36.4 Å². The molecule has 1 fully saturated rings. The molecule has 0 unspecified atom stereocenters. The SMILES string of the molecule is CCOC(=O)c1ccc(NC(=O)C2CCN(c3nc4c(C)cc(C)cc4s3)CC2)cc1. The Morgan fingerprint density at radius 1 is 1.16 bits per heavy atom. The van der Waals surface area contributed by atoms with E-state index in [9.17, 15) is 9.59 Å². The van der Waals surface area contributed by atoms with Crippen LogP contribution >= 0.6 is 11.3 Å². The summed E-state index contributed by atoms with van der Waals surface area (Å²) in [4.78, 5) is 31.6. The Labute approximate surface area is 186 Å². The topological polar surface area (TPSA) is 71.5 Å². The molecule has 0 aliphatic carbocycles. The highest BCUT2D eigenvalue weighted by Crippen LogP contribution is 2.33. The second-order valence-corrected chi connectivity index (χ2v) is 8.98. The molecular formula is C24H27N3O3S. The average Bonchev–Trinajstić information content (AvgIpc) is 3.19. The first-order valence-electron chi connectivity index (χ1n) is 10.7. The molecule has 1 amide bonds. The van der Waals surface area contributed by atoms with Crippen molar-refractivity contribution in [1.29, 1.82) is 0 Å². The van der Waals surface area contributed by atoms with Crippen molar-refractivity contribution in [2.75, 3.05) is 29.9 Å². The molecule has 2 heterocycles. The summed E-state index contributed by atoms with van der Waals surface area (Å²) in [5.74, 6) is -0.355. The van der Waals surface area contributed by atoms with Crippen molar-refractivity contribution in [2.45, 2.75) is 33.6 Å². The molecule has 0 saturated carbocycles. The van der Waals surface area contributed by atoms with Crippen LogP contribution in [0.5, 0.6) is 0 Å². The third-order valence-corrected chi connectivity index (χ3v) is 6.68. The molecule has 1 aliphatic rings.